The Morgan fingerprint density at radius 1 is 1.11 bits per heavy atom. The number of nitrogens with two attached hydrogens (primary N) is 1. The number of hydrogen-bond acceptors (Lipinski definition) is 4. The predicted molar refractivity (Wildman–Crippen MR) is 104 cm³/mol. The van der Waals surface area contributed by atoms with Crippen LogP contribution in [0.15, 0.2) is 30.3 Å². The van der Waals surface area contributed by atoms with E-state index in [1.54, 1.807) is 0 Å². The quantitative estimate of drug-likeness (QED) is 0.826. The Kier molecular flexibility index (Phi) is 6.72. The van der Waals surface area contributed by atoms with Crippen LogP contribution in [0.25, 0.3) is 0 Å². The second-order valence-electron chi connectivity index (χ2n) is 7.99. The summed E-state index contributed by atoms with van der Waals surface area (Å²) in [6, 6.07) is 9.62. The van der Waals surface area contributed by atoms with Crippen molar-refractivity contribution in [2.75, 3.05) is 32.7 Å². The number of para-hydroxylation sites is 1. The molecule has 2 fully saturated rings. The fourth-order valence-electron chi connectivity index (χ4n) is 4.03. The molecule has 2 aliphatic rings. The number of rotatable bonds is 6. The van der Waals surface area contributed by atoms with Gasteiger partial charge in [0.25, 0.3) is 0 Å². The number of primary amides is 1. The van der Waals surface area contributed by atoms with Crippen LogP contribution in [0.4, 0.5) is 0 Å². The van der Waals surface area contributed by atoms with Gasteiger partial charge in [0.05, 0.1) is 6.54 Å². The molecule has 2 aliphatic heterocycles. The van der Waals surface area contributed by atoms with E-state index in [4.69, 9.17) is 10.5 Å². The van der Waals surface area contributed by atoms with Crippen LogP contribution in [0.2, 0.25) is 0 Å². The first kappa shape index (κ1) is 19.7. The minimum Gasteiger partial charge on any atom is -0.490 e. The lowest BCUT2D eigenvalue weighted by molar-refractivity contribution is -0.137. The highest BCUT2D eigenvalue weighted by atomic mass is 16.5. The van der Waals surface area contributed by atoms with Gasteiger partial charge in [-0.2, -0.15) is 0 Å². The molecular formula is C21H31N3O3. The topological polar surface area (TPSA) is 75.9 Å². The Morgan fingerprint density at radius 2 is 1.81 bits per heavy atom. The standard InChI is InChI=1S/C21H31N3O3/c1-16-7-10-23(11-8-16)15-21(26)24-12-9-19(17(14-24)13-20(22)25)27-18-5-3-2-4-6-18/h2-6,16-17,19H,7-15H2,1H3,(H2,22,25)/t17-,19-/m0/s1. The van der Waals surface area contributed by atoms with Crippen LogP contribution in [0.1, 0.15) is 32.6 Å². The van der Waals surface area contributed by atoms with E-state index < -0.39 is 0 Å². The van der Waals surface area contributed by atoms with Gasteiger partial charge in [-0.15, -0.1) is 0 Å². The molecule has 0 aromatic heterocycles. The molecule has 0 spiro atoms. The lowest BCUT2D eigenvalue weighted by Crippen LogP contribution is -2.51. The van der Waals surface area contributed by atoms with E-state index in [1.165, 1.54) is 0 Å². The van der Waals surface area contributed by atoms with Crippen LogP contribution < -0.4 is 10.5 Å². The van der Waals surface area contributed by atoms with Crippen molar-refractivity contribution >= 4 is 11.8 Å². The summed E-state index contributed by atoms with van der Waals surface area (Å²) in [5, 5.41) is 0. The predicted octanol–water partition coefficient (Wildman–Crippen LogP) is 1.89. The second kappa shape index (κ2) is 9.22. The van der Waals surface area contributed by atoms with Gasteiger partial charge in [0.1, 0.15) is 11.9 Å². The van der Waals surface area contributed by atoms with Gasteiger partial charge in [-0.3, -0.25) is 14.5 Å². The summed E-state index contributed by atoms with van der Waals surface area (Å²) >= 11 is 0. The zero-order valence-electron chi connectivity index (χ0n) is 16.2. The highest BCUT2D eigenvalue weighted by Crippen LogP contribution is 2.26. The fourth-order valence-corrected chi connectivity index (χ4v) is 4.03. The smallest absolute Gasteiger partial charge is 0.236 e. The van der Waals surface area contributed by atoms with Gasteiger partial charge in [-0.1, -0.05) is 25.1 Å². The summed E-state index contributed by atoms with van der Waals surface area (Å²) < 4.78 is 6.10. The average molecular weight is 373 g/mol. The summed E-state index contributed by atoms with van der Waals surface area (Å²) in [4.78, 5) is 28.4. The number of benzene rings is 1. The van der Waals surface area contributed by atoms with Gasteiger partial charge in [0.2, 0.25) is 11.8 Å². The summed E-state index contributed by atoms with van der Waals surface area (Å²) in [7, 11) is 0. The minimum atomic E-state index is -0.346. The maximum absolute atomic E-state index is 12.8. The lowest BCUT2D eigenvalue weighted by Gasteiger charge is -2.39. The Labute approximate surface area is 161 Å². The minimum absolute atomic E-state index is 0.0678. The Hall–Kier alpha value is -2.08. The molecule has 3 rings (SSSR count). The van der Waals surface area contributed by atoms with Crippen LogP contribution in [-0.4, -0.2) is 60.4 Å². The van der Waals surface area contributed by atoms with Crippen molar-refractivity contribution in [2.24, 2.45) is 17.6 Å². The van der Waals surface area contributed by atoms with Crippen molar-refractivity contribution in [1.29, 1.82) is 0 Å². The van der Waals surface area contributed by atoms with E-state index in [0.717, 1.165) is 44.0 Å². The molecule has 27 heavy (non-hydrogen) atoms. The molecule has 0 saturated carbocycles. The SMILES string of the molecule is CC1CCN(CC(=O)N2CC[C@H](Oc3ccccc3)[C@@H](CC(N)=O)C2)CC1. The van der Waals surface area contributed by atoms with Crippen LogP contribution in [-0.2, 0) is 9.59 Å². The van der Waals surface area contributed by atoms with Gasteiger partial charge in [0, 0.05) is 31.8 Å². The van der Waals surface area contributed by atoms with Gasteiger partial charge in [0.15, 0.2) is 0 Å². The molecule has 6 nitrogen and oxygen atoms in total. The number of nitrogens with zero attached hydrogens (tertiary/aromatic N) is 2. The molecule has 6 heteroatoms. The molecule has 0 aliphatic carbocycles. The van der Waals surface area contributed by atoms with Gasteiger partial charge in [-0.05, 0) is 44.0 Å². The molecule has 2 N–H and O–H groups in total. The lowest BCUT2D eigenvalue weighted by atomic mass is 9.91. The first-order valence-corrected chi connectivity index (χ1v) is 10.0. The summed E-state index contributed by atoms with van der Waals surface area (Å²) in [5.74, 6) is 1.28. The fraction of sp³-hybridized carbons (Fsp3) is 0.619. The van der Waals surface area contributed by atoms with E-state index in [1.807, 2.05) is 35.2 Å². The van der Waals surface area contributed by atoms with Crippen molar-refractivity contribution in [1.82, 2.24) is 9.80 Å². The highest BCUT2D eigenvalue weighted by Gasteiger charge is 2.34. The number of likely N-dealkylation sites (tertiary alicyclic amines) is 2. The third-order valence-corrected chi connectivity index (χ3v) is 5.75. The van der Waals surface area contributed by atoms with E-state index in [2.05, 4.69) is 11.8 Å². The van der Waals surface area contributed by atoms with Crippen molar-refractivity contribution in [3.05, 3.63) is 30.3 Å². The number of carbonyl (C=O) groups is 2. The number of carbonyl (C=O) groups excluding carboxylic acids is 2. The Balaban J connectivity index is 1.57. The summed E-state index contributed by atoms with van der Waals surface area (Å²) in [6.07, 6.45) is 3.17. The second-order valence-corrected chi connectivity index (χ2v) is 7.99. The van der Waals surface area contributed by atoms with Gasteiger partial charge >= 0.3 is 0 Å². The molecule has 0 unspecified atom stereocenters. The summed E-state index contributed by atoms with van der Waals surface area (Å²) in [5.41, 5.74) is 5.46. The monoisotopic (exact) mass is 373 g/mol. The average Bonchev–Trinajstić information content (AvgIpc) is 2.65. The molecule has 2 heterocycles. The zero-order valence-corrected chi connectivity index (χ0v) is 16.2. The van der Waals surface area contributed by atoms with Crippen LogP contribution in [0.5, 0.6) is 5.75 Å². The van der Waals surface area contributed by atoms with Crippen molar-refractivity contribution in [3.8, 4) is 5.75 Å². The Bertz CT molecular complexity index is 629. The molecule has 0 radical (unpaired) electrons. The van der Waals surface area contributed by atoms with E-state index in [-0.39, 0.29) is 30.3 Å². The molecule has 1 aromatic carbocycles. The van der Waals surface area contributed by atoms with Crippen molar-refractivity contribution in [2.45, 2.75) is 38.7 Å². The summed E-state index contributed by atoms with van der Waals surface area (Å²) in [6.45, 7) is 5.92. The van der Waals surface area contributed by atoms with E-state index in [9.17, 15) is 9.59 Å². The van der Waals surface area contributed by atoms with Crippen molar-refractivity contribution in [3.63, 3.8) is 0 Å². The zero-order chi connectivity index (χ0) is 19.2. The van der Waals surface area contributed by atoms with Gasteiger partial charge < -0.3 is 15.4 Å². The highest BCUT2D eigenvalue weighted by molar-refractivity contribution is 5.79. The number of hydrogen-bond donors (Lipinski definition) is 1. The molecule has 2 atom stereocenters. The van der Waals surface area contributed by atoms with Crippen LogP contribution >= 0.6 is 0 Å². The number of piperidine rings is 2. The molecule has 2 amide bonds. The molecule has 1 aromatic rings. The molecule has 2 saturated heterocycles. The van der Waals surface area contributed by atoms with Crippen LogP contribution in [0, 0.1) is 11.8 Å². The number of ether oxygens (including phenoxy) is 1. The van der Waals surface area contributed by atoms with Crippen LogP contribution in [0.3, 0.4) is 0 Å². The first-order chi connectivity index (χ1) is 13.0. The maximum atomic E-state index is 12.8. The number of amides is 2. The maximum Gasteiger partial charge on any atom is 0.236 e. The van der Waals surface area contributed by atoms with Gasteiger partial charge in [-0.25, -0.2) is 0 Å². The van der Waals surface area contributed by atoms with E-state index >= 15 is 0 Å². The molecule has 0 bridgehead atoms. The first-order valence-electron chi connectivity index (χ1n) is 10.0. The largest absolute Gasteiger partial charge is 0.490 e. The third kappa shape index (κ3) is 5.70. The normalized spacial score (nSPS) is 24.6. The van der Waals surface area contributed by atoms with E-state index in [0.29, 0.717) is 19.6 Å². The Morgan fingerprint density at radius 3 is 2.48 bits per heavy atom. The third-order valence-electron chi connectivity index (χ3n) is 5.75. The molecular weight excluding hydrogens is 342 g/mol. The van der Waals surface area contributed by atoms with Crippen molar-refractivity contribution < 1.29 is 14.3 Å². The molecule has 148 valence electrons.